The van der Waals surface area contributed by atoms with E-state index in [4.69, 9.17) is 23.2 Å². The van der Waals surface area contributed by atoms with Crippen molar-refractivity contribution in [2.75, 3.05) is 0 Å². The number of thiazole rings is 1. The number of nitriles is 1. The lowest BCUT2D eigenvalue weighted by Gasteiger charge is -2.03. The highest BCUT2D eigenvalue weighted by molar-refractivity contribution is 9.10. The molecule has 0 aliphatic heterocycles. The van der Waals surface area contributed by atoms with Crippen LogP contribution in [0.25, 0.3) is 20.8 Å². The molecule has 2 aromatic heterocycles. The number of hydrogen-bond acceptors (Lipinski definition) is 4. The highest BCUT2D eigenvalue weighted by Crippen LogP contribution is 2.40. The van der Waals surface area contributed by atoms with Gasteiger partial charge in [0.15, 0.2) is 5.82 Å². The predicted octanol–water partition coefficient (Wildman–Crippen LogP) is 5.44. The molecular formula is C13H3BrCl2FN3S. The minimum Gasteiger partial charge on any atom is -0.245 e. The molecule has 0 radical (unpaired) electrons. The maximum Gasteiger partial charge on any atom is 0.168 e. The second kappa shape index (κ2) is 5.50. The molecule has 0 bridgehead atoms. The second-order valence-electron chi connectivity index (χ2n) is 4.02. The molecule has 0 spiro atoms. The van der Waals surface area contributed by atoms with Gasteiger partial charge in [-0.25, -0.2) is 14.4 Å². The first kappa shape index (κ1) is 14.7. The maximum absolute atomic E-state index is 13.8. The van der Waals surface area contributed by atoms with Crippen LogP contribution in [0.2, 0.25) is 10.0 Å². The average molecular weight is 403 g/mol. The normalized spacial score (nSPS) is 10.8. The van der Waals surface area contributed by atoms with Crippen molar-refractivity contribution in [1.29, 1.82) is 5.26 Å². The Morgan fingerprint density at radius 2 is 2.10 bits per heavy atom. The van der Waals surface area contributed by atoms with E-state index in [0.29, 0.717) is 29.9 Å². The van der Waals surface area contributed by atoms with Gasteiger partial charge in [0.25, 0.3) is 0 Å². The SMILES string of the molecule is N#Cc1cc(Cl)cc(Cl)c1-c1nc2c(F)cnc(Br)c2s1. The van der Waals surface area contributed by atoms with Crippen LogP contribution in [0.4, 0.5) is 4.39 Å². The Hall–Kier alpha value is -1.26. The molecule has 1 aromatic carbocycles. The van der Waals surface area contributed by atoms with Gasteiger partial charge in [-0.05, 0) is 28.1 Å². The van der Waals surface area contributed by atoms with E-state index in [-0.39, 0.29) is 11.1 Å². The lowest BCUT2D eigenvalue weighted by molar-refractivity contribution is 0.631. The van der Waals surface area contributed by atoms with E-state index in [1.54, 1.807) is 0 Å². The van der Waals surface area contributed by atoms with Crippen molar-refractivity contribution >= 4 is 60.7 Å². The van der Waals surface area contributed by atoms with Crippen LogP contribution >= 0.6 is 50.5 Å². The number of benzene rings is 1. The second-order valence-corrected chi connectivity index (χ2v) is 6.61. The summed E-state index contributed by atoms with van der Waals surface area (Å²) < 4.78 is 14.8. The lowest BCUT2D eigenvalue weighted by Crippen LogP contribution is -1.86. The van der Waals surface area contributed by atoms with E-state index < -0.39 is 5.82 Å². The number of aromatic nitrogens is 2. The molecule has 0 amide bonds. The van der Waals surface area contributed by atoms with Gasteiger partial charge >= 0.3 is 0 Å². The summed E-state index contributed by atoms with van der Waals surface area (Å²) in [5.41, 5.74) is 0.916. The zero-order valence-electron chi connectivity index (χ0n) is 9.99. The third kappa shape index (κ3) is 2.51. The van der Waals surface area contributed by atoms with E-state index in [9.17, 15) is 9.65 Å². The van der Waals surface area contributed by atoms with E-state index in [1.165, 1.54) is 23.5 Å². The van der Waals surface area contributed by atoms with E-state index in [1.807, 2.05) is 6.07 Å². The topological polar surface area (TPSA) is 49.6 Å². The molecule has 21 heavy (non-hydrogen) atoms. The number of pyridine rings is 1. The molecule has 8 heteroatoms. The number of nitrogens with zero attached hydrogens (tertiary/aromatic N) is 3. The Kier molecular flexibility index (Phi) is 3.84. The third-order valence-electron chi connectivity index (χ3n) is 2.72. The average Bonchev–Trinajstić information content (AvgIpc) is 2.88. The van der Waals surface area contributed by atoms with Gasteiger partial charge in [-0.2, -0.15) is 5.26 Å². The van der Waals surface area contributed by atoms with E-state index in [2.05, 4.69) is 25.9 Å². The minimum absolute atomic E-state index is 0.187. The van der Waals surface area contributed by atoms with Gasteiger partial charge in [-0.3, -0.25) is 0 Å². The fraction of sp³-hybridized carbons (Fsp3) is 0. The van der Waals surface area contributed by atoms with Crippen molar-refractivity contribution in [1.82, 2.24) is 9.97 Å². The van der Waals surface area contributed by atoms with Crippen molar-refractivity contribution in [2.45, 2.75) is 0 Å². The smallest absolute Gasteiger partial charge is 0.168 e. The molecule has 3 nitrogen and oxygen atoms in total. The van der Waals surface area contributed by atoms with Gasteiger partial charge in [0.2, 0.25) is 0 Å². The Bertz CT molecular complexity index is 881. The van der Waals surface area contributed by atoms with Crippen molar-refractivity contribution in [3.05, 3.63) is 44.4 Å². The molecule has 0 N–H and O–H groups in total. The van der Waals surface area contributed by atoms with E-state index in [0.717, 1.165) is 6.20 Å². The summed E-state index contributed by atoms with van der Waals surface area (Å²) in [5, 5.41) is 10.3. The van der Waals surface area contributed by atoms with Gasteiger partial charge < -0.3 is 0 Å². The van der Waals surface area contributed by atoms with Gasteiger partial charge in [0, 0.05) is 10.6 Å². The minimum atomic E-state index is -0.528. The number of halogens is 4. The van der Waals surface area contributed by atoms with Crippen molar-refractivity contribution < 1.29 is 4.39 Å². The molecule has 0 saturated heterocycles. The molecule has 104 valence electrons. The number of hydrogen-bond donors (Lipinski definition) is 0. The molecule has 0 fully saturated rings. The number of fused-ring (bicyclic) bond motifs is 1. The van der Waals surface area contributed by atoms with Crippen LogP contribution in [-0.4, -0.2) is 9.97 Å². The first-order valence-electron chi connectivity index (χ1n) is 5.51. The first-order valence-corrected chi connectivity index (χ1v) is 7.88. The van der Waals surface area contributed by atoms with Crippen LogP contribution in [0.15, 0.2) is 22.9 Å². The summed E-state index contributed by atoms with van der Waals surface area (Å²) in [4.78, 5) is 8.12. The monoisotopic (exact) mass is 401 g/mol. The maximum atomic E-state index is 13.8. The highest BCUT2D eigenvalue weighted by Gasteiger charge is 2.18. The van der Waals surface area contributed by atoms with Crippen LogP contribution in [0.1, 0.15) is 5.56 Å². The van der Waals surface area contributed by atoms with Crippen LogP contribution in [0.3, 0.4) is 0 Å². The zero-order valence-corrected chi connectivity index (χ0v) is 13.9. The standard InChI is InChI=1S/C13H3BrCl2FN3S/c14-12-11-10(8(17)4-19-12)20-13(21-11)9-5(3-18)1-6(15)2-7(9)16/h1-2,4H. The molecule has 0 saturated carbocycles. The molecule has 3 rings (SSSR count). The summed E-state index contributed by atoms with van der Waals surface area (Å²) >= 11 is 16.5. The summed E-state index contributed by atoms with van der Waals surface area (Å²) in [5.74, 6) is -0.528. The van der Waals surface area contributed by atoms with Gasteiger partial charge in [0.1, 0.15) is 15.1 Å². The molecule has 0 aliphatic carbocycles. The van der Waals surface area contributed by atoms with Crippen LogP contribution in [0.5, 0.6) is 0 Å². The van der Waals surface area contributed by atoms with Crippen molar-refractivity contribution in [3.63, 3.8) is 0 Å². The Balaban J connectivity index is 2.34. The van der Waals surface area contributed by atoms with Gasteiger partial charge in [-0.15, -0.1) is 11.3 Å². The van der Waals surface area contributed by atoms with Crippen molar-refractivity contribution in [2.24, 2.45) is 0 Å². The van der Waals surface area contributed by atoms with E-state index >= 15 is 0 Å². The lowest BCUT2D eigenvalue weighted by atomic mass is 10.1. The summed E-state index contributed by atoms with van der Waals surface area (Å²) in [7, 11) is 0. The Labute approximate surface area is 141 Å². The molecule has 2 heterocycles. The fourth-order valence-electron chi connectivity index (χ4n) is 1.84. The Morgan fingerprint density at radius 3 is 2.76 bits per heavy atom. The van der Waals surface area contributed by atoms with Crippen LogP contribution in [-0.2, 0) is 0 Å². The summed E-state index contributed by atoms with van der Waals surface area (Å²) in [6.45, 7) is 0. The third-order valence-corrected chi connectivity index (χ3v) is 5.18. The Morgan fingerprint density at radius 1 is 1.33 bits per heavy atom. The highest BCUT2D eigenvalue weighted by atomic mass is 79.9. The summed E-state index contributed by atoms with van der Waals surface area (Å²) in [6, 6.07) is 5.05. The van der Waals surface area contributed by atoms with Crippen molar-refractivity contribution in [3.8, 4) is 16.6 Å². The quantitative estimate of drug-likeness (QED) is 0.509. The van der Waals surface area contributed by atoms with Crippen LogP contribution in [0, 0.1) is 17.1 Å². The molecule has 0 atom stereocenters. The molecular weight excluding hydrogens is 400 g/mol. The fourth-order valence-corrected chi connectivity index (χ4v) is 4.04. The largest absolute Gasteiger partial charge is 0.245 e. The number of rotatable bonds is 1. The van der Waals surface area contributed by atoms with Gasteiger partial charge in [0.05, 0.1) is 27.6 Å². The molecule has 0 aliphatic rings. The van der Waals surface area contributed by atoms with Crippen LogP contribution < -0.4 is 0 Å². The molecule has 0 unspecified atom stereocenters. The zero-order chi connectivity index (χ0) is 15.1. The van der Waals surface area contributed by atoms with Gasteiger partial charge in [-0.1, -0.05) is 23.2 Å². The predicted molar refractivity (Wildman–Crippen MR) is 85.2 cm³/mol. The first-order chi connectivity index (χ1) is 10.0. The molecule has 3 aromatic rings. The summed E-state index contributed by atoms with van der Waals surface area (Å²) in [6.07, 6.45) is 1.09.